The minimum absolute atomic E-state index is 0.132. The minimum Gasteiger partial charge on any atom is -0.494 e. The minimum atomic E-state index is -3.51. The molecule has 0 saturated heterocycles. The van der Waals surface area contributed by atoms with Gasteiger partial charge in [-0.15, -0.1) is 0 Å². The summed E-state index contributed by atoms with van der Waals surface area (Å²) in [6, 6.07) is 20.0. The first-order chi connectivity index (χ1) is 16.1. The van der Waals surface area contributed by atoms with Crippen LogP contribution in [0.25, 0.3) is 0 Å². The molecular weight excluding hydrogens is 448 g/mol. The van der Waals surface area contributed by atoms with Crippen LogP contribution in [0.15, 0.2) is 66.7 Å². The van der Waals surface area contributed by atoms with Crippen LogP contribution in [0, 0.1) is 13.8 Å². The second kappa shape index (κ2) is 10.7. The maximum Gasteiger partial charge on any atom is 0.251 e. The molecule has 0 bridgehead atoms. The molecule has 0 heterocycles. The van der Waals surface area contributed by atoms with Crippen molar-refractivity contribution >= 4 is 21.6 Å². The van der Waals surface area contributed by atoms with Gasteiger partial charge in [-0.25, -0.2) is 8.42 Å². The molecule has 0 aliphatic carbocycles. The van der Waals surface area contributed by atoms with E-state index in [1.807, 2.05) is 27.7 Å². The molecule has 180 valence electrons. The number of aryl methyl sites for hydroxylation is 2. The zero-order valence-electron chi connectivity index (χ0n) is 20.3. The van der Waals surface area contributed by atoms with Gasteiger partial charge in [0, 0.05) is 5.56 Å². The van der Waals surface area contributed by atoms with Crippen molar-refractivity contribution in [1.29, 1.82) is 0 Å². The molecule has 1 atom stereocenters. The Bertz CT molecular complexity index is 1240. The molecule has 34 heavy (non-hydrogen) atoms. The van der Waals surface area contributed by atoms with Gasteiger partial charge in [-0.1, -0.05) is 35.9 Å². The maximum absolute atomic E-state index is 12.8. The van der Waals surface area contributed by atoms with E-state index in [1.54, 1.807) is 48.5 Å². The number of nitrogens with zero attached hydrogens (tertiary/aromatic N) is 1. The van der Waals surface area contributed by atoms with Gasteiger partial charge in [0.2, 0.25) is 10.0 Å². The Hall–Kier alpha value is -3.32. The molecule has 3 aromatic rings. The number of benzene rings is 3. The lowest BCUT2D eigenvalue weighted by Gasteiger charge is -2.23. The van der Waals surface area contributed by atoms with E-state index in [0.29, 0.717) is 23.6 Å². The Morgan fingerprint density at radius 1 is 1.00 bits per heavy atom. The summed E-state index contributed by atoms with van der Waals surface area (Å²) in [4.78, 5) is 12.8. The van der Waals surface area contributed by atoms with Crippen molar-refractivity contribution in [3.8, 4) is 5.75 Å². The van der Waals surface area contributed by atoms with E-state index in [2.05, 4.69) is 23.5 Å². The normalized spacial score (nSPS) is 12.1. The van der Waals surface area contributed by atoms with Crippen LogP contribution in [-0.4, -0.2) is 27.2 Å². The van der Waals surface area contributed by atoms with Crippen LogP contribution in [-0.2, 0) is 16.6 Å². The van der Waals surface area contributed by atoms with Gasteiger partial charge in [0.1, 0.15) is 5.75 Å². The molecule has 1 unspecified atom stereocenters. The van der Waals surface area contributed by atoms with E-state index < -0.39 is 10.0 Å². The summed E-state index contributed by atoms with van der Waals surface area (Å²) in [7, 11) is -3.51. The number of hydrogen-bond donors (Lipinski definition) is 1. The fourth-order valence-corrected chi connectivity index (χ4v) is 4.68. The average Bonchev–Trinajstić information content (AvgIpc) is 2.79. The van der Waals surface area contributed by atoms with Gasteiger partial charge >= 0.3 is 0 Å². The number of carbonyl (C=O) groups is 1. The first-order valence-electron chi connectivity index (χ1n) is 11.3. The summed E-state index contributed by atoms with van der Waals surface area (Å²) < 4.78 is 31.7. The summed E-state index contributed by atoms with van der Waals surface area (Å²) in [5.41, 5.74) is 5.21. The van der Waals surface area contributed by atoms with Crippen LogP contribution in [0.3, 0.4) is 0 Å². The third kappa shape index (κ3) is 6.38. The second-order valence-electron chi connectivity index (χ2n) is 8.45. The van der Waals surface area contributed by atoms with E-state index in [9.17, 15) is 13.2 Å². The lowest BCUT2D eigenvalue weighted by Crippen LogP contribution is -2.29. The SMILES string of the molecule is CCOc1ccc(N(Cc2ccc(C(=O)NC(C)c3cc(C)ccc3C)cc2)S(C)(=O)=O)cc1. The van der Waals surface area contributed by atoms with Crippen LogP contribution in [0.2, 0.25) is 0 Å². The summed E-state index contributed by atoms with van der Waals surface area (Å²) >= 11 is 0. The molecule has 0 radical (unpaired) electrons. The molecule has 6 nitrogen and oxygen atoms in total. The number of anilines is 1. The molecule has 7 heteroatoms. The average molecular weight is 481 g/mol. The molecule has 0 fully saturated rings. The zero-order valence-corrected chi connectivity index (χ0v) is 21.1. The van der Waals surface area contributed by atoms with Crippen molar-refractivity contribution in [3.63, 3.8) is 0 Å². The number of nitrogens with one attached hydrogen (secondary N) is 1. The smallest absolute Gasteiger partial charge is 0.251 e. The van der Waals surface area contributed by atoms with Gasteiger partial charge in [-0.3, -0.25) is 9.10 Å². The highest BCUT2D eigenvalue weighted by molar-refractivity contribution is 7.92. The van der Waals surface area contributed by atoms with E-state index in [0.717, 1.165) is 22.3 Å². The monoisotopic (exact) mass is 480 g/mol. The van der Waals surface area contributed by atoms with E-state index in [-0.39, 0.29) is 18.5 Å². The summed E-state index contributed by atoms with van der Waals surface area (Å²) in [5.74, 6) is 0.511. The Morgan fingerprint density at radius 2 is 1.65 bits per heavy atom. The largest absolute Gasteiger partial charge is 0.494 e. The summed E-state index contributed by atoms with van der Waals surface area (Å²) in [6.07, 6.45) is 1.18. The van der Waals surface area contributed by atoms with E-state index >= 15 is 0 Å². The Balaban J connectivity index is 1.73. The van der Waals surface area contributed by atoms with Crippen LogP contribution >= 0.6 is 0 Å². The number of rotatable bonds is 9. The zero-order chi connectivity index (χ0) is 24.9. The van der Waals surface area contributed by atoms with Crippen molar-refractivity contribution < 1.29 is 17.9 Å². The highest BCUT2D eigenvalue weighted by atomic mass is 32.2. The van der Waals surface area contributed by atoms with Crippen molar-refractivity contribution in [2.24, 2.45) is 0 Å². The van der Waals surface area contributed by atoms with Gasteiger partial charge in [0.15, 0.2) is 0 Å². The number of ether oxygens (including phenoxy) is 1. The molecular formula is C27H32N2O4S. The highest BCUT2D eigenvalue weighted by Crippen LogP contribution is 2.24. The number of carbonyl (C=O) groups excluding carboxylic acids is 1. The molecule has 3 aromatic carbocycles. The standard InChI is InChI=1S/C27H32N2O4S/c1-6-33-25-15-13-24(14-16-25)29(34(5,31)32)18-22-9-11-23(12-10-22)27(30)28-21(4)26-17-19(2)7-8-20(26)3/h7-17,21H,6,18H2,1-5H3,(H,28,30). The molecule has 3 rings (SSSR count). The predicted octanol–water partition coefficient (Wildman–Crippen LogP) is 5.16. The first kappa shape index (κ1) is 25.3. The maximum atomic E-state index is 12.8. The van der Waals surface area contributed by atoms with Crippen molar-refractivity contribution in [1.82, 2.24) is 5.32 Å². The fraction of sp³-hybridized carbons (Fsp3) is 0.296. The van der Waals surface area contributed by atoms with Crippen LogP contribution in [0.5, 0.6) is 5.75 Å². The van der Waals surface area contributed by atoms with Gasteiger partial charge in [-0.2, -0.15) is 0 Å². The quantitative estimate of drug-likeness (QED) is 0.459. The van der Waals surface area contributed by atoms with Crippen LogP contribution in [0.1, 0.15) is 52.5 Å². The summed E-state index contributed by atoms with van der Waals surface area (Å²) in [6.45, 7) is 8.62. The van der Waals surface area contributed by atoms with Crippen molar-refractivity contribution in [2.75, 3.05) is 17.2 Å². The summed E-state index contributed by atoms with van der Waals surface area (Å²) in [5, 5.41) is 3.05. The van der Waals surface area contributed by atoms with E-state index in [1.165, 1.54) is 10.6 Å². The lowest BCUT2D eigenvalue weighted by molar-refractivity contribution is 0.0939. The Morgan fingerprint density at radius 3 is 2.24 bits per heavy atom. The topological polar surface area (TPSA) is 75.7 Å². The highest BCUT2D eigenvalue weighted by Gasteiger charge is 2.19. The molecule has 0 aromatic heterocycles. The van der Waals surface area contributed by atoms with E-state index in [4.69, 9.17) is 4.74 Å². The first-order valence-corrected chi connectivity index (χ1v) is 13.1. The molecule has 0 saturated carbocycles. The van der Waals surface area contributed by atoms with Crippen molar-refractivity contribution in [3.05, 3.63) is 94.5 Å². The van der Waals surface area contributed by atoms with Crippen LogP contribution in [0.4, 0.5) is 5.69 Å². The second-order valence-corrected chi connectivity index (χ2v) is 10.4. The molecule has 1 amide bonds. The number of sulfonamides is 1. The molecule has 0 aliphatic heterocycles. The van der Waals surface area contributed by atoms with Gasteiger partial charge < -0.3 is 10.1 Å². The Kier molecular flexibility index (Phi) is 7.99. The predicted molar refractivity (Wildman–Crippen MR) is 137 cm³/mol. The number of hydrogen-bond acceptors (Lipinski definition) is 4. The van der Waals surface area contributed by atoms with Crippen molar-refractivity contribution in [2.45, 2.75) is 40.3 Å². The third-order valence-corrected chi connectivity index (χ3v) is 6.77. The molecule has 0 aliphatic rings. The third-order valence-electron chi connectivity index (χ3n) is 5.63. The lowest BCUT2D eigenvalue weighted by atomic mass is 9.99. The molecule has 1 N–H and O–H groups in total. The molecule has 0 spiro atoms. The fourth-order valence-electron chi connectivity index (χ4n) is 3.79. The van der Waals surface area contributed by atoms with Crippen LogP contribution < -0.4 is 14.4 Å². The Labute approximate surface area is 202 Å². The van der Waals surface area contributed by atoms with Gasteiger partial charge in [0.05, 0.1) is 31.1 Å². The van der Waals surface area contributed by atoms with Gasteiger partial charge in [-0.05, 0) is 80.8 Å². The van der Waals surface area contributed by atoms with Gasteiger partial charge in [0.25, 0.3) is 5.91 Å². The number of amides is 1.